The van der Waals surface area contributed by atoms with Crippen LogP contribution in [-0.2, 0) is 14.3 Å². The summed E-state index contributed by atoms with van der Waals surface area (Å²) in [5.41, 5.74) is -0.591. The number of carbonyl (C=O) groups excluding carboxylic acids is 2. The summed E-state index contributed by atoms with van der Waals surface area (Å²) in [6.45, 7) is 8.54. The predicted molar refractivity (Wildman–Crippen MR) is 105 cm³/mol. The number of rotatable bonds is 7. The summed E-state index contributed by atoms with van der Waals surface area (Å²) in [5.74, 6) is -0.124. The van der Waals surface area contributed by atoms with Crippen LogP contribution in [-0.4, -0.2) is 79.4 Å². The Balaban J connectivity index is 1.81. The molecule has 0 aromatic rings. The maximum atomic E-state index is 12.5. The Bertz CT molecular complexity index is 486. The van der Waals surface area contributed by atoms with Crippen LogP contribution in [0.5, 0.6) is 0 Å². The highest BCUT2D eigenvalue weighted by molar-refractivity contribution is 5.82. The van der Waals surface area contributed by atoms with E-state index in [-0.39, 0.29) is 18.5 Å². The minimum atomic E-state index is -0.591. The summed E-state index contributed by atoms with van der Waals surface area (Å²) in [5, 5.41) is 3.12. The quantitative estimate of drug-likeness (QED) is 0.731. The van der Waals surface area contributed by atoms with Crippen LogP contribution in [0.3, 0.4) is 0 Å². The van der Waals surface area contributed by atoms with Crippen LogP contribution in [0.25, 0.3) is 0 Å². The van der Waals surface area contributed by atoms with Crippen molar-refractivity contribution < 1.29 is 19.1 Å². The van der Waals surface area contributed by atoms with Crippen molar-refractivity contribution in [3.05, 3.63) is 0 Å². The lowest BCUT2D eigenvalue weighted by molar-refractivity contribution is -0.123. The largest absolute Gasteiger partial charge is 0.444 e. The van der Waals surface area contributed by atoms with Gasteiger partial charge in [0.05, 0.1) is 6.61 Å². The van der Waals surface area contributed by atoms with Gasteiger partial charge in [-0.15, -0.1) is 0 Å². The Morgan fingerprint density at radius 1 is 1.15 bits per heavy atom. The van der Waals surface area contributed by atoms with E-state index in [0.29, 0.717) is 19.2 Å². The maximum Gasteiger partial charge on any atom is 0.410 e. The molecule has 2 atom stereocenters. The average Bonchev–Trinajstić information content (AvgIpc) is 3.06. The summed E-state index contributed by atoms with van der Waals surface area (Å²) in [4.78, 5) is 28.9. The Hall–Kier alpha value is -1.34. The zero-order chi connectivity index (χ0) is 19.9. The first-order chi connectivity index (χ1) is 12.8. The molecule has 1 aliphatic heterocycles. The van der Waals surface area contributed by atoms with Crippen LogP contribution in [0.4, 0.5) is 4.79 Å². The number of likely N-dealkylation sites (tertiary alicyclic amines) is 1. The topological polar surface area (TPSA) is 71.1 Å². The molecule has 2 fully saturated rings. The lowest BCUT2D eigenvalue weighted by atomic mass is 10.1. The van der Waals surface area contributed by atoms with E-state index in [4.69, 9.17) is 9.47 Å². The highest BCUT2D eigenvalue weighted by Crippen LogP contribution is 2.26. The van der Waals surface area contributed by atoms with E-state index >= 15 is 0 Å². The van der Waals surface area contributed by atoms with E-state index in [0.717, 1.165) is 19.3 Å². The van der Waals surface area contributed by atoms with Gasteiger partial charge in [-0.1, -0.05) is 6.42 Å². The highest BCUT2D eigenvalue weighted by Gasteiger charge is 2.31. The van der Waals surface area contributed by atoms with Crippen molar-refractivity contribution in [3.8, 4) is 0 Å². The smallest absolute Gasteiger partial charge is 0.410 e. The molecular weight excluding hydrogens is 346 g/mol. The van der Waals surface area contributed by atoms with Gasteiger partial charge in [0.25, 0.3) is 0 Å². The number of amides is 2. The van der Waals surface area contributed by atoms with E-state index in [2.05, 4.69) is 10.2 Å². The summed E-state index contributed by atoms with van der Waals surface area (Å²) >= 11 is 0. The van der Waals surface area contributed by atoms with Gasteiger partial charge in [0.15, 0.2) is 0 Å². The number of ether oxygens (including phenoxy) is 2. The minimum absolute atomic E-state index is 0.00313. The fraction of sp³-hybridized carbons (Fsp3) is 0.900. The van der Waals surface area contributed by atoms with Crippen molar-refractivity contribution in [2.24, 2.45) is 0 Å². The molecule has 1 heterocycles. The van der Waals surface area contributed by atoms with Crippen LogP contribution in [0.1, 0.15) is 59.3 Å². The number of nitrogens with one attached hydrogen (secondary N) is 1. The maximum absolute atomic E-state index is 12.5. The Morgan fingerprint density at radius 3 is 2.48 bits per heavy atom. The molecule has 7 nitrogen and oxygen atoms in total. The molecule has 2 amide bonds. The standard InChI is InChI=1S/C20H37N3O4/c1-20(2,3)27-19(25)23(12-13-26-4)15-18(24)21-16-8-9-17(14-16)22-10-6-5-7-11-22/h16-17H,5-15H2,1-4H3,(H,21,24)/t16-,17+/m1/s1. The molecular formula is C20H37N3O4. The third kappa shape index (κ3) is 7.66. The minimum Gasteiger partial charge on any atom is -0.444 e. The van der Waals surface area contributed by atoms with Gasteiger partial charge in [-0.2, -0.15) is 0 Å². The summed E-state index contributed by atoms with van der Waals surface area (Å²) in [6, 6.07) is 0.790. The monoisotopic (exact) mass is 383 g/mol. The predicted octanol–water partition coefficient (Wildman–Crippen LogP) is 2.39. The second-order valence-corrected chi connectivity index (χ2v) is 8.72. The molecule has 0 unspecified atom stereocenters. The molecule has 1 N–H and O–H groups in total. The second-order valence-electron chi connectivity index (χ2n) is 8.72. The Kier molecular flexibility index (Phi) is 8.35. The normalized spacial score (nSPS) is 23.9. The first kappa shape index (κ1) is 22.0. The van der Waals surface area contributed by atoms with E-state index in [1.807, 2.05) is 20.8 Å². The highest BCUT2D eigenvalue weighted by atomic mass is 16.6. The molecule has 2 rings (SSSR count). The van der Waals surface area contributed by atoms with Crippen LogP contribution >= 0.6 is 0 Å². The summed E-state index contributed by atoms with van der Waals surface area (Å²) in [7, 11) is 1.58. The van der Waals surface area contributed by atoms with Gasteiger partial charge in [-0.05, 0) is 66.0 Å². The van der Waals surface area contributed by atoms with Crippen molar-refractivity contribution >= 4 is 12.0 Å². The molecule has 1 saturated heterocycles. The van der Waals surface area contributed by atoms with Gasteiger partial charge in [0.2, 0.25) is 5.91 Å². The number of nitrogens with zero attached hydrogens (tertiary/aromatic N) is 2. The van der Waals surface area contributed by atoms with Gasteiger partial charge >= 0.3 is 6.09 Å². The second kappa shape index (κ2) is 10.3. The lowest BCUT2D eigenvalue weighted by Crippen LogP contribution is -2.46. The lowest BCUT2D eigenvalue weighted by Gasteiger charge is -2.32. The fourth-order valence-electron chi connectivity index (χ4n) is 3.91. The van der Waals surface area contributed by atoms with Crippen molar-refractivity contribution in [1.29, 1.82) is 0 Å². The molecule has 0 spiro atoms. The molecule has 156 valence electrons. The zero-order valence-electron chi connectivity index (χ0n) is 17.5. The van der Waals surface area contributed by atoms with Gasteiger partial charge in [-0.3, -0.25) is 9.69 Å². The van der Waals surface area contributed by atoms with Gasteiger partial charge in [-0.25, -0.2) is 4.79 Å². The fourth-order valence-corrected chi connectivity index (χ4v) is 3.91. The van der Waals surface area contributed by atoms with E-state index < -0.39 is 11.7 Å². The zero-order valence-corrected chi connectivity index (χ0v) is 17.5. The Morgan fingerprint density at radius 2 is 1.85 bits per heavy atom. The molecule has 0 bridgehead atoms. The number of hydrogen-bond acceptors (Lipinski definition) is 5. The van der Waals surface area contributed by atoms with Gasteiger partial charge < -0.3 is 19.7 Å². The summed E-state index contributed by atoms with van der Waals surface area (Å²) in [6.07, 6.45) is 6.60. The molecule has 0 aromatic heterocycles. The third-order valence-corrected chi connectivity index (χ3v) is 5.23. The van der Waals surface area contributed by atoms with E-state index in [9.17, 15) is 9.59 Å². The number of piperidine rings is 1. The Labute approximate surface area is 163 Å². The molecule has 0 radical (unpaired) electrons. The third-order valence-electron chi connectivity index (χ3n) is 5.23. The van der Waals surface area contributed by atoms with Crippen molar-refractivity contribution in [2.45, 2.75) is 77.0 Å². The molecule has 7 heteroatoms. The molecule has 2 aliphatic rings. The molecule has 27 heavy (non-hydrogen) atoms. The first-order valence-electron chi connectivity index (χ1n) is 10.3. The molecule has 1 saturated carbocycles. The van der Waals surface area contributed by atoms with Crippen molar-refractivity contribution in [3.63, 3.8) is 0 Å². The number of carbonyl (C=O) groups is 2. The van der Waals surface area contributed by atoms with Crippen LogP contribution in [0, 0.1) is 0 Å². The van der Waals surface area contributed by atoms with E-state index in [1.165, 1.54) is 37.3 Å². The number of methoxy groups -OCH3 is 1. The average molecular weight is 384 g/mol. The van der Waals surface area contributed by atoms with Gasteiger partial charge in [0, 0.05) is 25.7 Å². The molecule has 1 aliphatic carbocycles. The van der Waals surface area contributed by atoms with Crippen LogP contribution < -0.4 is 5.32 Å². The first-order valence-corrected chi connectivity index (χ1v) is 10.3. The SMILES string of the molecule is COCCN(CC(=O)N[C@@H]1CC[C@H](N2CCCCC2)C1)C(=O)OC(C)(C)C. The molecule has 0 aromatic carbocycles. The van der Waals surface area contributed by atoms with Crippen molar-refractivity contribution in [1.82, 2.24) is 15.1 Å². The van der Waals surface area contributed by atoms with Gasteiger partial charge in [0.1, 0.15) is 12.1 Å². The van der Waals surface area contributed by atoms with Crippen LogP contribution in [0.2, 0.25) is 0 Å². The van der Waals surface area contributed by atoms with Crippen molar-refractivity contribution in [2.75, 3.05) is 39.9 Å². The van der Waals surface area contributed by atoms with Crippen LogP contribution in [0.15, 0.2) is 0 Å². The van der Waals surface area contributed by atoms with E-state index in [1.54, 1.807) is 7.11 Å². The summed E-state index contributed by atoms with van der Waals surface area (Å²) < 4.78 is 10.5. The number of hydrogen-bond donors (Lipinski definition) is 1.